The van der Waals surface area contributed by atoms with E-state index < -0.39 is 0 Å². The van der Waals surface area contributed by atoms with Crippen LogP contribution in [0.15, 0.2) is 54.1 Å². The molecule has 0 spiro atoms. The van der Waals surface area contributed by atoms with Crippen molar-refractivity contribution in [2.45, 2.75) is 27.2 Å². The van der Waals surface area contributed by atoms with Gasteiger partial charge in [0.05, 0.1) is 0 Å². The van der Waals surface area contributed by atoms with E-state index in [-0.39, 0.29) is 56.4 Å². The molecule has 2 aromatic carbocycles. The summed E-state index contributed by atoms with van der Waals surface area (Å²) in [4.78, 5) is 0. The fourth-order valence-electron chi connectivity index (χ4n) is 2.59. The third-order valence-electron chi connectivity index (χ3n) is 3.73. The van der Waals surface area contributed by atoms with Gasteiger partial charge in [-0.3, -0.25) is 0 Å². The molecule has 109 valence electrons. The maximum Gasteiger partial charge on any atom is 3.00 e. The standard InChI is InChI=1S/C18H19.2ClH.Zr/c1-18(2,3)17-9-8-15(12-17)16-10-13-6-4-5-7-14(13)11-16;;;/h4-7,9-12H,8H2,1-3H3;2*1H;/q-1;;;+3/p-2. The van der Waals surface area contributed by atoms with E-state index in [1.54, 1.807) is 0 Å². The Morgan fingerprint density at radius 1 is 1.05 bits per heavy atom. The Bertz CT molecular complexity index is 624. The Balaban J connectivity index is 0.00000133. The number of hydrogen-bond acceptors (Lipinski definition) is 0. The fourth-order valence-corrected chi connectivity index (χ4v) is 2.59. The zero-order chi connectivity index (χ0) is 12.8. The van der Waals surface area contributed by atoms with Gasteiger partial charge in [0.2, 0.25) is 0 Å². The first-order valence-electron chi connectivity index (χ1n) is 6.61. The maximum absolute atomic E-state index is 2.37. The minimum absolute atomic E-state index is 0. The normalized spacial score (nSPS) is 13.7. The van der Waals surface area contributed by atoms with Crippen LogP contribution >= 0.6 is 0 Å². The van der Waals surface area contributed by atoms with E-state index in [0.717, 1.165) is 6.42 Å². The van der Waals surface area contributed by atoms with Gasteiger partial charge in [-0.2, -0.15) is 0 Å². The van der Waals surface area contributed by atoms with Gasteiger partial charge >= 0.3 is 26.2 Å². The van der Waals surface area contributed by atoms with Crippen molar-refractivity contribution in [2.75, 3.05) is 0 Å². The van der Waals surface area contributed by atoms with E-state index in [4.69, 9.17) is 0 Å². The summed E-state index contributed by atoms with van der Waals surface area (Å²) in [5.41, 5.74) is 4.55. The Labute approximate surface area is 159 Å². The molecule has 0 nitrogen and oxygen atoms in total. The van der Waals surface area contributed by atoms with Gasteiger partial charge < -0.3 is 24.8 Å². The smallest absolute Gasteiger partial charge is 1.00 e. The molecule has 0 aromatic heterocycles. The van der Waals surface area contributed by atoms with E-state index in [1.165, 1.54) is 27.5 Å². The Kier molecular flexibility index (Phi) is 7.78. The van der Waals surface area contributed by atoms with E-state index in [0.29, 0.717) is 0 Å². The number of hydrogen-bond donors (Lipinski definition) is 0. The molecule has 0 amide bonds. The summed E-state index contributed by atoms with van der Waals surface area (Å²) in [6, 6.07) is 13.2. The molecule has 1 aliphatic rings. The SMILES string of the molecule is CC(C)(C)C1=CCC(c2cc3ccccc3[cH-]2)=C1.[Cl-].[Cl-].[Zr+3]. The third kappa shape index (κ3) is 4.38. The predicted octanol–water partition coefficient (Wildman–Crippen LogP) is -0.676. The zero-order valence-corrected chi connectivity index (χ0v) is 16.6. The number of benzene rings is 1. The fraction of sp³-hybridized carbons (Fsp3) is 0.278. The molecule has 0 fully saturated rings. The second-order valence-electron chi connectivity index (χ2n) is 6.16. The molecule has 0 atom stereocenters. The first-order chi connectivity index (χ1) is 8.54. The molecule has 0 N–H and O–H groups in total. The van der Waals surface area contributed by atoms with E-state index >= 15 is 0 Å². The van der Waals surface area contributed by atoms with E-state index in [1.807, 2.05) is 0 Å². The number of rotatable bonds is 1. The van der Waals surface area contributed by atoms with Gasteiger partial charge in [0.1, 0.15) is 0 Å². The van der Waals surface area contributed by atoms with Crippen LogP contribution in [-0.2, 0) is 26.2 Å². The molecule has 3 heteroatoms. The Morgan fingerprint density at radius 2 is 1.71 bits per heavy atom. The van der Waals surface area contributed by atoms with E-state index in [9.17, 15) is 0 Å². The average Bonchev–Trinajstić information content (AvgIpc) is 2.94. The molecule has 0 saturated heterocycles. The topological polar surface area (TPSA) is 0 Å². The van der Waals surface area contributed by atoms with Gasteiger partial charge in [-0.05, 0) is 11.8 Å². The van der Waals surface area contributed by atoms with Crippen molar-refractivity contribution in [3.63, 3.8) is 0 Å². The summed E-state index contributed by atoms with van der Waals surface area (Å²) < 4.78 is 0. The van der Waals surface area contributed by atoms with Gasteiger partial charge in [0, 0.05) is 0 Å². The molecule has 2 aromatic rings. The van der Waals surface area contributed by atoms with Crippen LogP contribution in [0, 0.1) is 5.41 Å². The van der Waals surface area contributed by atoms with Crippen LogP contribution in [0.5, 0.6) is 0 Å². The van der Waals surface area contributed by atoms with Crippen molar-refractivity contribution in [1.29, 1.82) is 0 Å². The first-order valence-corrected chi connectivity index (χ1v) is 6.61. The zero-order valence-electron chi connectivity index (χ0n) is 12.6. The molecule has 1 radical (unpaired) electrons. The quantitative estimate of drug-likeness (QED) is 0.560. The van der Waals surface area contributed by atoms with Gasteiger partial charge in [-0.1, -0.05) is 56.7 Å². The van der Waals surface area contributed by atoms with Crippen LogP contribution in [0.1, 0.15) is 32.8 Å². The van der Waals surface area contributed by atoms with Crippen molar-refractivity contribution < 1.29 is 51.0 Å². The molecular weight excluding hydrogens is 378 g/mol. The van der Waals surface area contributed by atoms with Crippen molar-refractivity contribution in [3.05, 3.63) is 59.7 Å². The second kappa shape index (κ2) is 7.86. The molecule has 0 aliphatic heterocycles. The summed E-state index contributed by atoms with van der Waals surface area (Å²) in [5.74, 6) is 0. The summed E-state index contributed by atoms with van der Waals surface area (Å²) in [6.45, 7) is 6.83. The number of halogens is 2. The first kappa shape index (κ1) is 20.8. The third-order valence-corrected chi connectivity index (χ3v) is 3.73. The summed E-state index contributed by atoms with van der Waals surface area (Å²) in [6.07, 6.45) is 5.81. The predicted molar refractivity (Wildman–Crippen MR) is 79.7 cm³/mol. The van der Waals surface area contributed by atoms with Crippen molar-refractivity contribution in [3.8, 4) is 0 Å². The van der Waals surface area contributed by atoms with Gasteiger partial charge in [0.15, 0.2) is 0 Å². The van der Waals surface area contributed by atoms with Crippen LogP contribution in [0.25, 0.3) is 16.3 Å². The summed E-state index contributed by atoms with van der Waals surface area (Å²) >= 11 is 0. The summed E-state index contributed by atoms with van der Waals surface area (Å²) in [7, 11) is 0. The largest absolute Gasteiger partial charge is 3.00 e. The average molecular weight is 397 g/mol. The van der Waals surface area contributed by atoms with Gasteiger partial charge in [-0.15, -0.1) is 40.1 Å². The molecule has 21 heavy (non-hydrogen) atoms. The second-order valence-corrected chi connectivity index (χ2v) is 6.16. The molecule has 3 rings (SSSR count). The minimum atomic E-state index is 0. The Morgan fingerprint density at radius 3 is 2.29 bits per heavy atom. The molecule has 0 saturated carbocycles. The van der Waals surface area contributed by atoms with Crippen LogP contribution in [0.4, 0.5) is 0 Å². The van der Waals surface area contributed by atoms with Crippen LogP contribution in [0.3, 0.4) is 0 Å². The number of allylic oxidation sites excluding steroid dienone is 4. The van der Waals surface area contributed by atoms with Crippen LogP contribution < -0.4 is 24.8 Å². The Hall–Kier alpha value is -0.227. The van der Waals surface area contributed by atoms with E-state index in [2.05, 4.69) is 69.3 Å². The van der Waals surface area contributed by atoms with Crippen molar-refractivity contribution in [2.24, 2.45) is 5.41 Å². The van der Waals surface area contributed by atoms with Crippen LogP contribution in [-0.4, -0.2) is 0 Å². The maximum atomic E-state index is 2.37. The van der Waals surface area contributed by atoms with Crippen molar-refractivity contribution >= 4 is 16.3 Å². The summed E-state index contributed by atoms with van der Waals surface area (Å²) in [5, 5.41) is 2.69. The van der Waals surface area contributed by atoms with Crippen LogP contribution in [0.2, 0.25) is 0 Å². The van der Waals surface area contributed by atoms with Gasteiger partial charge in [0.25, 0.3) is 0 Å². The monoisotopic (exact) mass is 395 g/mol. The molecule has 0 bridgehead atoms. The molecule has 0 heterocycles. The van der Waals surface area contributed by atoms with Crippen molar-refractivity contribution in [1.82, 2.24) is 0 Å². The molecule has 0 unspecified atom stereocenters. The minimum Gasteiger partial charge on any atom is -1.00 e. The van der Waals surface area contributed by atoms with Gasteiger partial charge in [-0.25, -0.2) is 0 Å². The number of fused-ring (bicyclic) bond motifs is 1. The molecule has 1 aliphatic carbocycles. The molecular formula is C18H19Cl2Zr.